The molecule has 0 aromatic rings. The molecule has 0 aromatic heterocycles. The molecule has 1 rings (SSSR count). The Hall–Kier alpha value is 0.370. The molecule has 0 aliphatic carbocycles. The van der Waals surface area contributed by atoms with Crippen molar-refractivity contribution in [1.29, 1.82) is 0 Å². The minimum Gasteiger partial charge on any atom is -0.303 e. The van der Waals surface area contributed by atoms with Crippen LogP contribution in [0.3, 0.4) is 0 Å². The number of thioether (sulfide) groups is 2. The van der Waals surface area contributed by atoms with E-state index in [4.69, 9.17) is 0 Å². The van der Waals surface area contributed by atoms with E-state index in [0.29, 0.717) is 0 Å². The monoisotopic (exact) mass is 218 g/mol. The van der Waals surface area contributed by atoms with Crippen LogP contribution in [0.1, 0.15) is 39.0 Å². The standard InChI is InChI=1S/C10H18OS2/c1-2-3-5-10(6-7-11)12-8-4-9-13-10/h7H,2-6,8-9H2,1H3. The normalized spacial score (nSPS) is 21.3. The van der Waals surface area contributed by atoms with E-state index in [1.807, 2.05) is 23.5 Å². The molecule has 0 atom stereocenters. The number of unbranched alkanes of at least 4 members (excludes halogenated alkanes) is 1. The topological polar surface area (TPSA) is 17.1 Å². The van der Waals surface area contributed by atoms with Gasteiger partial charge < -0.3 is 4.79 Å². The van der Waals surface area contributed by atoms with Crippen LogP contribution in [0.2, 0.25) is 0 Å². The van der Waals surface area contributed by atoms with Crippen molar-refractivity contribution in [3.05, 3.63) is 0 Å². The predicted octanol–water partition coefficient (Wildman–Crippen LogP) is 3.33. The van der Waals surface area contributed by atoms with Crippen LogP contribution < -0.4 is 0 Å². The number of hydrogen-bond acceptors (Lipinski definition) is 3. The van der Waals surface area contributed by atoms with Crippen LogP contribution >= 0.6 is 23.5 Å². The van der Waals surface area contributed by atoms with Crippen LogP contribution in [0.15, 0.2) is 0 Å². The Kier molecular flexibility index (Phi) is 5.25. The smallest absolute Gasteiger partial charge is 0.122 e. The van der Waals surface area contributed by atoms with Gasteiger partial charge >= 0.3 is 0 Å². The lowest BCUT2D eigenvalue weighted by Gasteiger charge is -2.34. The highest BCUT2D eigenvalue weighted by Crippen LogP contribution is 2.47. The maximum absolute atomic E-state index is 10.6. The van der Waals surface area contributed by atoms with E-state index < -0.39 is 0 Å². The van der Waals surface area contributed by atoms with Gasteiger partial charge in [0.25, 0.3) is 0 Å². The second-order valence-corrected chi connectivity index (χ2v) is 6.65. The van der Waals surface area contributed by atoms with Gasteiger partial charge in [-0.05, 0) is 24.3 Å². The second kappa shape index (κ2) is 5.97. The zero-order chi connectivity index (χ0) is 9.57. The van der Waals surface area contributed by atoms with E-state index >= 15 is 0 Å². The van der Waals surface area contributed by atoms with Crippen LogP contribution in [-0.4, -0.2) is 21.9 Å². The first-order valence-corrected chi connectivity index (χ1v) is 7.01. The SMILES string of the molecule is CCCCC1(CC=O)SCCCS1. The maximum Gasteiger partial charge on any atom is 0.122 e. The quantitative estimate of drug-likeness (QED) is 0.659. The summed E-state index contributed by atoms with van der Waals surface area (Å²) in [4.78, 5) is 10.6. The predicted molar refractivity (Wildman–Crippen MR) is 62.5 cm³/mol. The van der Waals surface area contributed by atoms with Gasteiger partial charge in [-0.25, -0.2) is 0 Å². The highest BCUT2D eigenvalue weighted by Gasteiger charge is 2.32. The molecule has 0 spiro atoms. The molecule has 1 saturated heterocycles. The molecule has 0 radical (unpaired) electrons. The van der Waals surface area contributed by atoms with Crippen LogP contribution in [0.5, 0.6) is 0 Å². The summed E-state index contributed by atoms with van der Waals surface area (Å²) < 4.78 is 0.246. The van der Waals surface area contributed by atoms with Gasteiger partial charge in [0, 0.05) is 6.42 Å². The van der Waals surface area contributed by atoms with E-state index in [-0.39, 0.29) is 4.08 Å². The fraction of sp³-hybridized carbons (Fsp3) is 0.900. The lowest BCUT2D eigenvalue weighted by atomic mass is 10.1. The van der Waals surface area contributed by atoms with Crippen molar-refractivity contribution in [2.75, 3.05) is 11.5 Å². The van der Waals surface area contributed by atoms with E-state index in [1.54, 1.807) is 0 Å². The first kappa shape index (κ1) is 11.4. The number of carbonyl (C=O) groups is 1. The molecule has 1 fully saturated rings. The third-order valence-electron chi connectivity index (χ3n) is 2.32. The fourth-order valence-electron chi connectivity index (χ4n) is 1.55. The Morgan fingerprint density at radius 3 is 2.62 bits per heavy atom. The molecule has 0 bridgehead atoms. The van der Waals surface area contributed by atoms with E-state index in [9.17, 15) is 4.79 Å². The Bertz CT molecular complexity index is 153. The van der Waals surface area contributed by atoms with Gasteiger partial charge in [0.2, 0.25) is 0 Å². The summed E-state index contributed by atoms with van der Waals surface area (Å²) in [7, 11) is 0. The van der Waals surface area contributed by atoms with E-state index in [0.717, 1.165) is 12.7 Å². The van der Waals surface area contributed by atoms with Crippen molar-refractivity contribution in [2.24, 2.45) is 0 Å². The van der Waals surface area contributed by atoms with Gasteiger partial charge in [-0.15, -0.1) is 23.5 Å². The Balaban J connectivity index is 2.45. The van der Waals surface area contributed by atoms with Gasteiger partial charge in [-0.1, -0.05) is 19.8 Å². The highest BCUT2D eigenvalue weighted by atomic mass is 32.2. The molecule has 3 heteroatoms. The minimum atomic E-state index is 0.246. The molecule has 76 valence electrons. The van der Waals surface area contributed by atoms with E-state index in [2.05, 4.69) is 6.92 Å². The van der Waals surface area contributed by atoms with Gasteiger partial charge in [-0.3, -0.25) is 0 Å². The average molecular weight is 218 g/mol. The van der Waals surface area contributed by atoms with Crippen molar-refractivity contribution in [1.82, 2.24) is 0 Å². The van der Waals surface area contributed by atoms with Crippen LogP contribution in [0.4, 0.5) is 0 Å². The average Bonchev–Trinajstić information content (AvgIpc) is 2.17. The van der Waals surface area contributed by atoms with Crippen LogP contribution in [-0.2, 0) is 4.79 Å². The number of rotatable bonds is 5. The van der Waals surface area contributed by atoms with Crippen molar-refractivity contribution < 1.29 is 4.79 Å². The van der Waals surface area contributed by atoms with Gasteiger partial charge in [0.05, 0.1) is 4.08 Å². The Morgan fingerprint density at radius 1 is 1.38 bits per heavy atom. The zero-order valence-electron chi connectivity index (χ0n) is 8.25. The molecule has 1 nitrogen and oxygen atoms in total. The van der Waals surface area contributed by atoms with Crippen LogP contribution in [0, 0.1) is 0 Å². The molecule has 1 aliphatic heterocycles. The van der Waals surface area contributed by atoms with Gasteiger partial charge in [-0.2, -0.15) is 0 Å². The van der Waals surface area contributed by atoms with Crippen molar-refractivity contribution in [3.8, 4) is 0 Å². The summed E-state index contributed by atoms with van der Waals surface area (Å²) in [6.07, 6.45) is 6.85. The summed E-state index contributed by atoms with van der Waals surface area (Å²) in [5, 5.41) is 0. The van der Waals surface area contributed by atoms with Crippen LogP contribution in [0.25, 0.3) is 0 Å². The fourth-order valence-corrected chi connectivity index (χ4v) is 4.84. The molecular formula is C10H18OS2. The molecule has 0 unspecified atom stereocenters. The van der Waals surface area contributed by atoms with Crippen molar-refractivity contribution in [2.45, 2.75) is 43.1 Å². The first-order valence-electron chi connectivity index (χ1n) is 5.04. The lowest BCUT2D eigenvalue weighted by molar-refractivity contribution is -0.108. The molecule has 1 heterocycles. The Morgan fingerprint density at radius 2 is 2.08 bits per heavy atom. The molecule has 0 N–H and O–H groups in total. The minimum absolute atomic E-state index is 0.246. The maximum atomic E-state index is 10.6. The zero-order valence-corrected chi connectivity index (χ0v) is 9.88. The first-order chi connectivity index (χ1) is 6.33. The third-order valence-corrected chi connectivity index (χ3v) is 5.81. The summed E-state index contributed by atoms with van der Waals surface area (Å²) in [6.45, 7) is 2.22. The number of carbonyl (C=O) groups excluding carboxylic acids is 1. The summed E-state index contributed by atoms with van der Waals surface area (Å²) >= 11 is 4.01. The number of hydrogen-bond donors (Lipinski definition) is 0. The lowest BCUT2D eigenvalue weighted by Crippen LogP contribution is -2.25. The van der Waals surface area contributed by atoms with E-state index in [1.165, 1.54) is 37.2 Å². The van der Waals surface area contributed by atoms with Crippen molar-refractivity contribution in [3.63, 3.8) is 0 Å². The van der Waals surface area contributed by atoms with Crippen molar-refractivity contribution >= 4 is 29.8 Å². The Labute approximate surface area is 89.4 Å². The number of aldehydes is 1. The third kappa shape index (κ3) is 3.55. The largest absolute Gasteiger partial charge is 0.303 e. The molecule has 13 heavy (non-hydrogen) atoms. The van der Waals surface area contributed by atoms with Gasteiger partial charge in [0.15, 0.2) is 0 Å². The molecule has 0 aromatic carbocycles. The molecular weight excluding hydrogens is 200 g/mol. The molecule has 0 amide bonds. The van der Waals surface area contributed by atoms with Gasteiger partial charge in [0.1, 0.15) is 6.29 Å². The molecule has 1 aliphatic rings. The molecule has 0 saturated carbocycles. The summed E-state index contributed by atoms with van der Waals surface area (Å²) in [5.41, 5.74) is 0. The highest BCUT2D eigenvalue weighted by molar-refractivity contribution is 8.18. The summed E-state index contributed by atoms with van der Waals surface area (Å²) in [5.74, 6) is 2.48. The second-order valence-electron chi connectivity index (χ2n) is 3.44. The summed E-state index contributed by atoms with van der Waals surface area (Å²) in [6, 6.07) is 0.